The lowest BCUT2D eigenvalue weighted by molar-refractivity contribution is 0.280. The number of rotatable bonds is 3. The van der Waals surface area contributed by atoms with Crippen LogP contribution in [0.1, 0.15) is 24.7 Å². The molecule has 1 aromatic rings. The van der Waals surface area contributed by atoms with E-state index in [0.717, 1.165) is 24.2 Å². The molecule has 0 atom stereocenters. The number of furan rings is 1. The SMILES string of the molecule is CC#CCCc1cc(CO)co1. The van der Waals surface area contributed by atoms with Gasteiger partial charge in [0.15, 0.2) is 0 Å². The van der Waals surface area contributed by atoms with Gasteiger partial charge in [0.05, 0.1) is 12.9 Å². The van der Waals surface area contributed by atoms with E-state index in [9.17, 15) is 0 Å². The van der Waals surface area contributed by atoms with Gasteiger partial charge >= 0.3 is 0 Å². The van der Waals surface area contributed by atoms with Crippen molar-refractivity contribution in [3.8, 4) is 11.8 Å². The number of hydrogen-bond acceptors (Lipinski definition) is 2. The van der Waals surface area contributed by atoms with Gasteiger partial charge in [-0.2, -0.15) is 0 Å². The molecule has 1 N–H and O–H groups in total. The van der Waals surface area contributed by atoms with Crippen LogP contribution in [0.15, 0.2) is 16.7 Å². The van der Waals surface area contributed by atoms with Gasteiger partial charge < -0.3 is 9.52 Å². The first kappa shape index (κ1) is 8.89. The standard InChI is InChI=1S/C10H12O2/c1-2-3-4-5-10-6-9(7-11)8-12-10/h6,8,11H,4-5,7H2,1H3. The van der Waals surface area contributed by atoms with Gasteiger partial charge in [0.1, 0.15) is 5.76 Å². The molecular weight excluding hydrogens is 152 g/mol. The van der Waals surface area contributed by atoms with Gasteiger partial charge in [-0.1, -0.05) is 0 Å². The molecule has 0 saturated carbocycles. The van der Waals surface area contributed by atoms with E-state index in [-0.39, 0.29) is 6.61 Å². The normalized spacial score (nSPS) is 9.17. The summed E-state index contributed by atoms with van der Waals surface area (Å²) >= 11 is 0. The smallest absolute Gasteiger partial charge is 0.105 e. The molecule has 0 aliphatic carbocycles. The van der Waals surface area contributed by atoms with Gasteiger partial charge in [-0.05, 0) is 13.0 Å². The Kier molecular flexibility index (Phi) is 3.43. The Morgan fingerprint density at radius 3 is 3.00 bits per heavy atom. The molecule has 0 radical (unpaired) electrons. The lowest BCUT2D eigenvalue weighted by Gasteiger charge is -1.87. The molecule has 2 heteroatoms. The first-order chi connectivity index (χ1) is 5.86. The second kappa shape index (κ2) is 4.63. The van der Waals surface area contributed by atoms with Crippen LogP contribution >= 0.6 is 0 Å². The zero-order chi connectivity index (χ0) is 8.81. The van der Waals surface area contributed by atoms with Crippen molar-refractivity contribution in [3.63, 3.8) is 0 Å². The average molecular weight is 164 g/mol. The van der Waals surface area contributed by atoms with Crippen molar-refractivity contribution in [2.45, 2.75) is 26.4 Å². The van der Waals surface area contributed by atoms with Crippen LogP contribution in [0, 0.1) is 11.8 Å². The minimum Gasteiger partial charge on any atom is -0.469 e. The maximum absolute atomic E-state index is 8.73. The molecule has 1 aromatic heterocycles. The quantitative estimate of drug-likeness (QED) is 0.690. The fraction of sp³-hybridized carbons (Fsp3) is 0.400. The number of aryl methyl sites for hydroxylation is 1. The first-order valence-electron chi connectivity index (χ1n) is 3.93. The summed E-state index contributed by atoms with van der Waals surface area (Å²) in [4.78, 5) is 0. The Hall–Kier alpha value is -1.20. The molecule has 0 fully saturated rings. The minimum absolute atomic E-state index is 0.0446. The molecule has 0 amide bonds. The van der Waals surface area contributed by atoms with E-state index in [1.807, 2.05) is 13.0 Å². The maximum Gasteiger partial charge on any atom is 0.105 e. The summed E-state index contributed by atoms with van der Waals surface area (Å²) in [6.07, 6.45) is 3.21. The van der Waals surface area contributed by atoms with Crippen molar-refractivity contribution in [2.75, 3.05) is 0 Å². The molecule has 0 unspecified atom stereocenters. The highest BCUT2D eigenvalue weighted by Gasteiger charge is 1.98. The molecule has 0 spiro atoms. The predicted molar refractivity (Wildman–Crippen MR) is 46.4 cm³/mol. The highest BCUT2D eigenvalue weighted by molar-refractivity contribution is 5.12. The largest absolute Gasteiger partial charge is 0.469 e. The molecular formula is C10H12O2. The first-order valence-corrected chi connectivity index (χ1v) is 3.93. The highest BCUT2D eigenvalue weighted by atomic mass is 16.3. The summed E-state index contributed by atoms with van der Waals surface area (Å²) in [5.74, 6) is 6.66. The van der Waals surface area contributed by atoms with Crippen LogP contribution in [0.3, 0.4) is 0 Å². The summed E-state index contributed by atoms with van der Waals surface area (Å²) in [6.45, 7) is 1.87. The van der Waals surface area contributed by atoms with Gasteiger partial charge in [-0.25, -0.2) is 0 Å². The summed E-state index contributed by atoms with van der Waals surface area (Å²) in [5, 5.41) is 8.73. The predicted octanol–water partition coefficient (Wildman–Crippen LogP) is 1.73. The van der Waals surface area contributed by atoms with E-state index in [2.05, 4.69) is 11.8 Å². The second-order valence-electron chi connectivity index (χ2n) is 2.51. The maximum atomic E-state index is 8.73. The van der Waals surface area contributed by atoms with Gasteiger partial charge in [-0.15, -0.1) is 11.8 Å². The lowest BCUT2D eigenvalue weighted by Crippen LogP contribution is -1.79. The van der Waals surface area contributed by atoms with E-state index in [0.29, 0.717) is 0 Å². The van der Waals surface area contributed by atoms with Crippen molar-refractivity contribution in [1.29, 1.82) is 0 Å². The van der Waals surface area contributed by atoms with Crippen LogP contribution in [0.5, 0.6) is 0 Å². The van der Waals surface area contributed by atoms with Crippen LogP contribution in [0.4, 0.5) is 0 Å². The molecule has 1 rings (SSSR count). The second-order valence-corrected chi connectivity index (χ2v) is 2.51. The fourth-order valence-electron chi connectivity index (χ4n) is 0.951. The zero-order valence-electron chi connectivity index (χ0n) is 7.13. The van der Waals surface area contributed by atoms with Crippen molar-refractivity contribution < 1.29 is 9.52 Å². The van der Waals surface area contributed by atoms with Gasteiger partial charge in [-0.3, -0.25) is 0 Å². The lowest BCUT2D eigenvalue weighted by atomic mass is 10.2. The van der Waals surface area contributed by atoms with Crippen molar-refractivity contribution in [1.82, 2.24) is 0 Å². The number of aliphatic hydroxyl groups is 1. The van der Waals surface area contributed by atoms with E-state index in [4.69, 9.17) is 9.52 Å². The molecule has 0 aromatic carbocycles. The van der Waals surface area contributed by atoms with Gasteiger partial charge in [0, 0.05) is 18.4 Å². The Balaban J connectivity index is 2.45. The molecule has 1 heterocycles. The van der Waals surface area contributed by atoms with Crippen LogP contribution in [-0.2, 0) is 13.0 Å². The van der Waals surface area contributed by atoms with E-state index < -0.39 is 0 Å². The summed E-state index contributed by atoms with van der Waals surface area (Å²) in [6, 6.07) is 1.86. The van der Waals surface area contributed by atoms with Crippen LogP contribution in [0.25, 0.3) is 0 Å². The van der Waals surface area contributed by atoms with Crippen LogP contribution < -0.4 is 0 Å². The third-order valence-corrected chi connectivity index (χ3v) is 1.56. The Morgan fingerprint density at radius 2 is 2.42 bits per heavy atom. The summed E-state index contributed by atoms with van der Waals surface area (Å²) in [7, 11) is 0. The molecule has 0 bridgehead atoms. The minimum atomic E-state index is 0.0446. The molecule has 2 nitrogen and oxygen atoms in total. The fourth-order valence-corrected chi connectivity index (χ4v) is 0.951. The summed E-state index contributed by atoms with van der Waals surface area (Å²) in [5.41, 5.74) is 0.828. The number of aliphatic hydroxyl groups excluding tert-OH is 1. The van der Waals surface area contributed by atoms with Crippen LogP contribution in [-0.4, -0.2) is 5.11 Å². The number of hydrogen-bond donors (Lipinski definition) is 1. The van der Waals surface area contributed by atoms with Crippen LogP contribution in [0.2, 0.25) is 0 Å². The van der Waals surface area contributed by atoms with E-state index >= 15 is 0 Å². The Bertz CT molecular complexity index is 288. The molecule has 64 valence electrons. The third kappa shape index (κ3) is 2.44. The average Bonchev–Trinajstić information content (AvgIpc) is 2.53. The summed E-state index contributed by atoms with van der Waals surface area (Å²) < 4.78 is 5.17. The van der Waals surface area contributed by atoms with E-state index in [1.165, 1.54) is 0 Å². The van der Waals surface area contributed by atoms with Crippen molar-refractivity contribution in [3.05, 3.63) is 23.7 Å². The third-order valence-electron chi connectivity index (χ3n) is 1.56. The van der Waals surface area contributed by atoms with E-state index in [1.54, 1.807) is 6.26 Å². The highest BCUT2D eigenvalue weighted by Crippen LogP contribution is 2.09. The van der Waals surface area contributed by atoms with Gasteiger partial charge in [0.2, 0.25) is 0 Å². The topological polar surface area (TPSA) is 33.4 Å². The van der Waals surface area contributed by atoms with Gasteiger partial charge in [0.25, 0.3) is 0 Å². The monoisotopic (exact) mass is 164 g/mol. The molecule has 0 aliphatic heterocycles. The molecule has 0 aliphatic rings. The van der Waals surface area contributed by atoms with Crippen molar-refractivity contribution in [2.24, 2.45) is 0 Å². The zero-order valence-corrected chi connectivity index (χ0v) is 7.13. The van der Waals surface area contributed by atoms with Crippen molar-refractivity contribution >= 4 is 0 Å². The Morgan fingerprint density at radius 1 is 1.58 bits per heavy atom. The molecule has 0 saturated heterocycles. The molecule has 12 heavy (non-hydrogen) atoms. The Labute approximate surface area is 72.2 Å².